The summed E-state index contributed by atoms with van der Waals surface area (Å²) < 4.78 is 5.16. The summed E-state index contributed by atoms with van der Waals surface area (Å²) in [6.45, 7) is 7.38. The highest BCUT2D eigenvalue weighted by molar-refractivity contribution is 5.93. The number of ether oxygens (including phenoxy) is 1. The molecule has 2 N–H and O–H groups in total. The highest BCUT2D eigenvalue weighted by atomic mass is 16.5. The molecule has 18 heavy (non-hydrogen) atoms. The van der Waals surface area contributed by atoms with Crippen LogP contribution in [0.15, 0.2) is 10.9 Å². The minimum Gasteiger partial charge on any atom is -0.382 e. The average molecular weight is 252 g/mol. The summed E-state index contributed by atoms with van der Waals surface area (Å²) in [5, 5.41) is 2.71. The van der Waals surface area contributed by atoms with Crippen LogP contribution >= 0.6 is 0 Å². The largest absolute Gasteiger partial charge is 0.382 e. The summed E-state index contributed by atoms with van der Waals surface area (Å²) in [6.07, 6.45) is 0.738. The van der Waals surface area contributed by atoms with Gasteiger partial charge in [-0.25, -0.2) is 0 Å². The van der Waals surface area contributed by atoms with Gasteiger partial charge in [0.1, 0.15) is 5.56 Å². The Morgan fingerprint density at radius 1 is 1.44 bits per heavy atom. The number of pyridine rings is 1. The number of carbonyl (C=O) groups is 1. The summed E-state index contributed by atoms with van der Waals surface area (Å²) in [4.78, 5) is 26.1. The maximum atomic E-state index is 11.8. The number of H-pyrrole nitrogens is 1. The van der Waals surface area contributed by atoms with Crippen LogP contribution in [-0.2, 0) is 4.74 Å². The third-order valence-corrected chi connectivity index (χ3v) is 2.70. The lowest BCUT2D eigenvalue weighted by molar-refractivity contribution is 0.0942. The number of nitrogens with one attached hydrogen (secondary N) is 2. The summed E-state index contributed by atoms with van der Waals surface area (Å²) in [5.41, 5.74) is 1.50. The van der Waals surface area contributed by atoms with Crippen molar-refractivity contribution in [2.75, 3.05) is 19.8 Å². The zero-order valence-electron chi connectivity index (χ0n) is 11.1. The fraction of sp³-hybridized carbons (Fsp3) is 0.538. The Bertz CT molecular complexity index is 466. The van der Waals surface area contributed by atoms with Crippen LogP contribution in [0.5, 0.6) is 0 Å². The van der Waals surface area contributed by atoms with Crippen molar-refractivity contribution in [2.24, 2.45) is 0 Å². The molecule has 1 heterocycles. The SMILES string of the molecule is CCOCCCNC(=O)c1cc(C)c(C)[nH]c1=O. The highest BCUT2D eigenvalue weighted by Gasteiger charge is 2.11. The molecule has 0 spiro atoms. The van der Waals surface area contributed by atoms with Gasteiger partial charge >= 0.3 is 0 Å². The molecule has 0 unspecified atom stereocenters. The van der Waals surface area contributed by atoms with Crippen LogP contribution in [0.3, 0.4) is 0 Å². The molecule has 1 rings (SSSR count). The molecular formula is C13H20N2O3. The van der Waals surface area contributed by atoms with E-state index in [0.29, 0.717) is 19.8 Å². The number of rotatable bonds is 6. The van der Waals surface area contributed by atoms with Crippen molar-refractivity contribution < 1.29 is 9.53 Å². The molecule has 0 atom stereocenters. The van der Waals surface area contributed by atoms with E-state index in [9.17, 15) is 9.59 Å². The summed E-state index contributed by atoms with van der Waals surface area (Å²) >= 11 is 0. The van der Waals surface area contributed by atoms with Crippen molar-refractivity contribution in [2.45, 2.75) is 27.2 Å². The monoisotopic (exact) mass is 252 g/mol. The van der Waals surface area contributed by atoms with E-state index in [1.807, 2.05) is 13.8 Å². The third kappa shape index (κ3) is 4.00. The third-order valence-electron chi connectivity index (χ3n) is 2.70. The van der Waals surface area contributed by atoms with Crippen LogP contribution in [0.1, 0.15) is 35.0 Å². The van der Waals surface area contributed by atoms with Crippen molar-refractivity contribution in [3.8, 4) is 0 Å². The van der Waals surface area contributed by atoms with Gasteiger partial charge in [-0.1, -0.05) is 0 Å². The first-order valence-corrected chi connectivity index (χ1v) is 6.12. The maximum Gasteiger partial charge on any atom is 0.261 e. The smallest absolute Gasteiger partial charge is 0.261 e. The van der Waals surface area contributed by atoms with E-state index in [0.717, 1.165) is 17.7 Å². The van der Waals surface area contributed by atoms with Gasteiger partial charge in [-0.3, -0.25) is 9.59 Å². The van der Waals surface area contributed by atoms with Crippen molar-refractivity contribution in [3.05, 3.63) is 33.2 Å². The molecule has 0 aliphatic heterocycles. The minimum absolute atomic E-state index is 0.162. The van der Waals surface area contributed by atoms with E-state index >= 15 is 0 Å². The van der Waals surface area contributed by atoms with E-state index in [1.54, 1.807) is 13.0 Å². The molecule has 0 aliphatic carbocycles. The Morgan fingerprint density at radius 2 is 2.17 bits per heavy atom. The number of aromatic amines is 1. The first-order valence-electron chi connectivity index (χ1n) is 6.12. The molecular weight excluding hydrogens is 232 g/mol. The second-order valence-electron chi connectivity index (χ2n) is 4.13. The number of aromatic nitrogens is 1. The van der Waals surface area contributed by atoms with Gasteiger partial charge in [0.15, 0.2) is 0 Å². The van der Waals surface area contributed by atoms with Gasteiger partial charge in [0.25, 0.3) is 11.5 Å². The standard InChI is InChI=1S/C13H20N2O3/c1-4-18-7-5-6-14-12(16)11-8-9(2)10(3)15-13(11)17/h8H,4-7H2,1-3H3,(H,14,16)(H,15,17). The van der Waals surface area contributed by atoms with Gasteiger partial charge in [-0.05, 0) is 38.8 Å². The lowest BCUT2D eigenvalue weighted by Crippen LogP contribution is -2.31. The predicted molar refractivity (Wildman–Crippen MR) is 70.0 cm³/mol. The molecule has 0 saturated heterocycles. The topological polar surface area (TPSA) is 71.2 Å². The van der Waals surface area contributed by atoms with E-state index in [1.165, 1.54) is 0 Å². The molecule has 0 radical (unpaired) electrons. The van der Waals surface area contributed by atoms with E-state index in [4.69, 9.17) is 4.74 Å². The van der Waals surface area contributed by atoms with Gasteiger partial charge in [0.05, 0.1) is 0 Å². The first kappa shape index (κ1) is 14.4. The Labute approximate surface area is 107 Å². The molecule has 1 aromatic rings. The zero-order valence-corrected chi connectivity index (χ0v) is 11.1. The Hall–Kier alpha value is -1.62. The molecule has 100 valence electrons. The van der Waals surface area contributed by atoms with Crippen LogP contribution in [0.25, 0.3) is 0 Å². The van der Waals surface area contributed by atoms with Crippen LogP contribution in [0.2, 0.25) is 0 Å². The van der Waals surface area contributed by atoms with E-state index in [-0.39, 0.29) is 17.0 Å². The van der Waals surface area contributed by atoms with Gasteiger partial charge in [-0.15, -0.1) is 0 Å². The van der Waals surface area contributed by atoms with Crippen molar-refractivity contribution in [3.63, 3.8) is 0 Å². The fourth-order valence-corrected chi connectivity index (χ4v) is 1.51. The fourth-order valence-electron chi connectivity index (χ4n) is 1.51. The highest BCUT2D eigenvalue weighted by Crippen LogP contribution is 2.02. The van der Waals surface area contributed by atoms with Crippen molar-refractivity contribution in [1.82, 2.24) is 10.3 Å². The van der Waals surface area contributed by atoms with E-state index in [2.05, 4.69) is 10.3 Å². The van der Waals surface area contributed by atoms with E-state index < -0.39 is 0 Å². The first-order chi connectivity index (χ1) is 8.56. The molecule has 0 saturated carbocycles. The maximum absolute atomic E-state index is 11.8. The molecule has 1 aromatic heterocycles. The number of carbonyl (C=O) groups excluding carboxylic acids is 1. The molecule has 5 nitrogen and oxygen atoms in total. The molecule has 1 amide bonds. The molecule has 0 bridgehead atoms. The summed E-state index contributed by atoms with van der Waals surface area (Å²) in [7, 11) is 0. The van der Waals surface area contributed by atoms with Gasteiger partial charge in [0, 0.05) is 25.5 Å². The van der Waals surface area contributed by atoms with Gasteiger partial charge in [-0.2, -0.15) is 0 Å². The molecule has 0 fully saturated rings. The number of amides is 1. The lowest BCUT2D eigenvalue weighted by Gasteiger charge is -2.06. The Kier molecular flexibility index (Phi) is 5.58. The average Bonchev–Trinajstić information content (AvgIpc) is 2.33. The summed E-state index contributed by atoms with van der Waals surface area (Å²) in [5.74, 6) is -0.337. The van der Waals surface area contributed by atoms with Gasteiger partial charge < -0.3 is 15.0 Å². The summed E-state index contributed by atoms with van der Waals surface area (Å²) in [6, 6.07) is 1.62. The normalized spacial score (nSPS) is 10.4. The minimum atomic E-state index is -0.347. The second kappa shape index (κ2) is 6.96. The van der Waals surface area contributed by atoms with Gasteiger partial charge in [0.2, 0.25) is 0 Å². The quantitative estimate of drug-likeness (QED) is 0.746. The van der Waals surface area contributed by atoms with Crippen LogP contribution in [-0.4, -0.2) is 30.6 Å². The van der Waals surface area contributed by atoms with Crippen LogP contribution in [0.4, 0.5) is 0 Å². The van der Waals surface area contributed by atoms with Crippen molar-refractivity contribution >= 4 is 5.91 Å². The Balaban J connectivity index is 2.57. The zero-order chi connectivity index (χ0) is 13.5. The second-order valence-corrected chi connectivity index (χ2v) is 4.13. The van der Waals surface area contributed by atoms with Crippen LogP contribution in [0, 0.1) is 13.8 Å². The van der Waals surface area contributed by atoms with Crippen molar-refractivity contribution in [1.29, 1.82) is 0 Å². The number of hydrogen-bond acceptors (Lipinski definition) is 3. The predicted octanol–water partition coefficient (Wildman–Crippen LogP) is 1.15. The van der Waals surface area contributed by atoms with Crippen LogP contribution < -0.4 is 10.9 Å². The molecule has 5 heteroatoms. The lowest BCUT2D eigenvalue weighted by atomic mass is 10.1. The number of aryl methyl sites for hydroxylation is 2. The number of hydrogen-bond donors (Lipinski definition) is 2. The Morgan fingerprint density at radius 3 is 2.83 bits per heavy atom. The molecule has 0 aromatic carbocycles. The molecule has 0 aliphatic rings.